The van der Waals surface area contributed by atoms with Crippen LogP contribution in [0.2, 0.25) is 0 Å². The standard InChI is InChI=1S/C16H18N2O2.CHF3O3S.CH4O3S/c1-10-8-12(20-3)4-5-14(10)18-7-6-13-15(19)9-11(2)17-16(13)18;2-1(3,4)8(5,6)7;1-5(2,3)4/h4-5,8-9H,6-7H2,1-3H3,(H,17,19);(H,5,6,7);1H3,(H,2,3,4). The smallest absolute Gasteiger partial charge is 0.497 e. The quantitative estimate of drug-likeness (QED) is 0.404. The Morgan fingerprint density at radius 2 is 1.61 bits per heavy atom. The van der Waals surface area contributed by atoms with E-state index in [4.69, 9.17) is 22.3 Å². The molecule has 15 heteroatoms. The van der Waals surface area contributed by atoms with Gasteiger partial charge in [-0.15, -0.1) is 0 Å². The minimum Gasteiger partial charge on any atom is -0.497 e. The summed E-state index contributed by atoms with van der Waals surface area (Å²) < 4.78 is 88.7. The van der Waals surface area contributed by atoms with E-state index in [0.717, 1.165) is 47.0 Å². The molecule has 0 saturated carbocycles. The predicted octanol–water partition coefficient (Wildman–Crippen LogP) is 2.59. The molecule has 1 aromatic heterocycles. The van der Waals surface area contributed by atoms with Gasteiger partial charge in [0.1, 0.15) is 11.6 Å². The Morgan fingerprint density at radius 3 is 2.03 bits per heavy atom. The molecular weight excluding hydrogens is 493 g/mol. The number of hydrogen-bond donors (Lipinski definition) is 3. The number of fused-ring (bicyclic) bond motifs is 1. The number of aromatic amines is 1. The number of alkyl halides is 3. The van der Waals surface area contributed by atoms with E-state index >= 15 is 0 Å². The lowest BCUT2D eigenvalue weighted by atomic mass is 10.1. The molecule has 3 rings (SSSR count). The molecule has 0 atom stereocenters. The second-order valence-corrected chi connectivity index (χ2v) is 9.73. The molecule has 2 aromatic rings. The van der Waals surface area contributed by atoms with E-state index in [0.29, 0.717) is 6.26 Å². The second kappa shape index (κ2) is 10.5. The zero-order valence-corrected chi connectivity index (χ0v) is 19.6. The number of benzene rings is 1. The third kappa shape index (κ3) is 8.68. The van der Waals surface area contributed by atoms with Gasteiger partial charge in [0.15, 0.2) is 5.43 Å². The lowest BCUT2D eigenvalue weighted by Gasteiger charge is -2.22. The minimum absolute atomic E-state index is 0.130. The number of hydrogen-bond acceptors (Lipinski definition) is 7. The van der Waals surface area contributed by atoms with Crippen molar-refractivity contribution >= 4 is 31.7 Å². The van der Waals surface area contributed by atoms with Crippen LogP contribution in [0.3, 0.4) is 0 Å². The van der Waals surface area contributed by atoms with Crippen LogP contribution in [-0.2, 0) is 26.7 Å². The molecule has 1 aliphatic rings. The molecule has 0 aliphatic carbocycles. The first-order valence-electron chi connectivity index (χ1n) is 8.96. The van der Waals surface area contributed by atoms with Gasteiger partial charge >= 0.3 is 15.6 Å². The van der Waals surface area contributed by atoms with E-state index in [9.17, 15) is 26.4 Å². The number of nitrogens with zero attached hydrogens (tertiary/aromatic N) is 1. The van der Waals surface area contributed by atoms with Crippen LogP contribution in [0.1, 0.15) is 16.8 Å². The molecule has 0 spiro atoms. The maximum Gasteiger partial charge on any atom is 0.522 e. The molecule has 0 bridgehead atoms. The highest BCUT2D eigenvalue weighted by atomic mass is 32.2. The third-order valence-corrected chi connectivity index (χ3v) is 4.67. The number of rotatable bonds is 2. The van der Waals surface area contributed by atoms with Crippen molar-refractivity contribution in [3.63, 3.8) is 0 Å². The molecule has 3 N–H and O–H groups in total. The molecule has 0 radical (unpaired) electrons. The minimum atomic E-state index is -5.84. The van der Waals surface area contributed by atoms with Crippen molar-refractivity contribution < 1.29 is 43.8 Å². The number of ether oxygens (including phenoxy) is 1. The molecule has 10 nitrogen and oxygen atoms in total. The number of nitrogens with one attached hydrogen (secondary N) is 1. The first kappa shape index (κ1) is 28.4. The lowest BCUT2D eigenvalue weighted by Crippen LogP contribution is -2.21. The Bertz CT molecular complexity index is 1250. The van der Waals surface area contributed by atoms with Crippen molar-refractivity contribution in [1.29, 1.82) is 0 Å². The van der Waals surface area contributed by atoms with Crippen LogP contribution in [0.4, 0.5) is 24.7 Å². The van der Waals surface area contributed by atoms with Crippen LogP contribution in [0.25, 0.3) is 0 Å². The zero-order valence-electron chi connectivity index (χ0n) is 18.0. The van der Waals surface area contributed by atoms with Gasteiger partial charge in [-0.2, -0.15) is 30.0 Å². The van der Waals surface area contributed by atoms with E-state index in [1.165, 1.54) is 0 Å². The molecule has 186 valence electrons. The summed E-state index contributed by atoms with van der Waals surface area (Å²) >= 11 is 0. The second-order valence-electron chi connectivity index (χ2n) is 6.85. The molecule has 1 aliphatic heterocycles. The summed E-state index contributed by atoms with van der Waals surface area (Å²) in [7, 11) is -7.84. The van der Waals surface area contributed by atoms with Crippen LogP contribution >= 0.6 is 0 Å². The van der Waals surface area contributed by atoms with Gasteiger partial charge in [0, 0.05) is 29.6 Å². The SMILES string of the molecule is COc1ccc(N2CCc3c2[nH]c(C)cc3=O)c(C)c1.CS(=O)(=O)O.O=S(=O)(O)C(F)(F)F. The van der Waals surface area contributed by atoms with Crippen molar-refractivity contribution in [3.05, 3.63) is 51.3 Å². The Labute approximate surface area is 188 Å². The largest absolute Gasteiger partial charge is 0.522 e. The number of halogens is 3. The monoisotopic (exact) mass is 516 g/mol. The molecule has 1 aromatic carbocycles. The van der Waals surface area contributed by atoms with Gasteiger partial charge in [-0.25, -0.2) is 0 Å². The Kier molecular flexibility index (Phi) is 9.08. The fourth-order valence-corrected chi connectivity index (χ4v) is 2.80. The van der Waals surface area contributed by atoms with Gasteiger partial charge in [0.05, 0.1) is 13.4 Å². The van der Waals surface area contributed by atoms with Crippen LogP contribution in [0, 0.1) is 13.8 Å². The van der Waals surface area contributed by atoms with Crippen LogP contribution in [0.15, 0.2) is 29.1 Å². The predicted molar refractivity (Wildman–Crippen MR) is 115 cm³/mol. The van der Waals surface area contributed by atoms with Gasteiger partial charge in [0.25, 0.3) is 10.1 Å². The molecule has 0 fully saturated rings. The Balaban J connectivity index is 0.000000349. The summed E-state index contributed by atoms with van der Waals surface area (Å²) in [5.41, 5.74) is -1.37. The van der Waals surface area contributed by atoms with Gasteiger partial charge < -0.3 is 14.6 Å². The highest BCUT2D eigenvalue weighted by Crippen LogP contribution is 2.34. The molecule has 0 saturated heterocycles. The average molecular weight is 517 g/mol. The van der Waals surface area contributed by atoms with Gasteiger partial charge in [0.2, 0.25) is 0 Å². The number of pyridine rings is 1. The maximum absolute atomic E-state index is 12.0. The number of anilines is 2. The average Bonchev–Trinajstić information content (AvgIpc) is 3.03. The number of methoxy groups -OCH3 is 1. The van der Waals surface area contributed by atoms with Crippen molar-refractivity contribution in [2.45, 2.75) is 25.8 Å². The van der Waals surface area contributed by atoms with Crippen LogP contribution < -0.4 is 15.1 Å². The molecule has 33 heavy (non-hydrogen) atoms. The van der Waals surface area contributed by atoms with Gasteiger partial charge in [-0.3, -0.25) is 13.9 Å². The molecule has 0 amide bonds. The van der Waals surface area contributed by atoms with E-state index < -0.39 is 25.7 Å². The highest BCUT2D eigenvalue weighted by Gasteiger charge is 2.44. The van der Waals surface area contributed by atoms with Gasteiger partial charge in [-0.05, 0) is 44.0 Å². The van der Waals surface area contributed by atoms with Crippen LogP contribution in [0.5, 0.6) is 5.75 Å². The van der Waals surface area contributed by atoms with Crippen molar-refractivity contribution in [2.75, 3.05) is 24.8 Å². The molecular formula is C18H23F3N2O8S2. The van der Waals surface area contributed by atoms with Crippen molar-refractivity contribution in [2.24, 2.45) is 0 Å². The summed E-state index contributed by atoms with van der Waals surface area (Å²) in [6.45, 7) is 4.81. The number of H-pyrrole nitrogens is 1. The Hall–Kier alpha value is -2.62. The van der Waals surface area contributed by atoms with E-state index in [2.05, 4.69) is 16.8 Å². The van der Waals surface area contributed by atoms with Crippen LogP contribution in [-0.4, -0.2) is 56.3 Å². The zero-order chi connectivity index (χ0) is 25.8. The summed E-state index contributed by atoms with van der Waals surface area (Å²) in [5.74, 6) is 1.78. The van der Waals surface area contributed by atoms with Gasteiger partial charge in [-0.1, -0.05) is 0 Å². The Morgan fingerprint density at radius 1 is 1.09 bits per heavy atom. The normalized spacial score (nSPS) is 13.3. The number of aryl methyl sites for hydroxylation is 2. The van der Waals surface area contributed by atoms with E-state index in [-0.39, 0.29) is 5.43 Å². The molecule has 2 heterocycles. The maximum atomic E-state index is 12.0. The van der Waals surface area contributed by atoms with Crippen molar-refractivity contribution in [3.8, 4) is 5.75 Å². The summed E-state index contributed by atoms with van der Waals surface area (Å²) in [6, 6.07) is 7.68. The summed E-state index contributed by atoms with van der Waals surface area (Å²) in [6.07, 6.45) is 1.50. The van der Waals surface area contributed by atoms with E-state index in [1.807, 2.05) is 25.1 Å². The van der Waals surface area contributed by atoms with E-state index in [1.54, 1.807) is 13.2 Å². The lowest BCUT2D eigenvalue weighted by molar-refractivity contribution is -0.0510. The first-order chi connectivity index (χ1) is 14.8. The fourth-order valence-electron chi connectivity index (χ4n) is 2.80. The summed E-state index contributed by atoms with van der Waals surface area (Å²) in [4.78, 5) is 17.5. The van der Waals surface area contributed by atoms with Crippen molar-refractivity contribution in [1.82, 2.24) is 4.98 Å². The first-order valence-corrected chi connectivity index (χ1v) is 12.2. The number of aromatic nitrogens is 1. The topological polar surface area (TPSA) is 154 Å². The molecule has 0 unspecified atom stereocenters. The third-order valence-electron chi connectivity index (χ3n) is 4.09. The fraction of sp³-hybridized carbons (Fsp3) is 0.389. The summed E-state index contributed by atoms with van der Waals surface area (Å²) in [5, 5.41) is 0. The highest BCUT2D eigenvalue weighted by molar-refractivity contribution is 7.86.